The third-order valence-electron chi connectivity index (χ3n) is 5.97. The summed E-state index contributed by atoms with van der Waals surface area (Å²) in [4.78, 5) is 14.7. The van der Waals surface area contributed by atoms with Gasteiger partial charge < -0.3 is 19.7 Å². The van der Waals surface area contributed by atoms with E-state index in [1.807, 2.05) is 18.2 Å². The second-order valence-corrected chi connectivity index (χ2v) is 12.0. The fourth-order valence-corrected chi connectivity index (χ4v) is 7.13. The van der Waals surface area contributed by atoms with Crippen LogP contribution in [-0.4, -0.2) is 63.0 Å². The van der Waals surface area contributed by atoms with Crippen molar-refractivity contribution in [3.63, 3.8) is 0 Å². The minimum absolute atomic E-state index is 0.103. The predicted molar refractivity (Wildman–Crippen MR) is 121 cm³/mol. The molecule has 2 aliphatic heterocycles. The van der Waals surface area contributed by atoms with Crippen LogP contribution in [0.1, 0.15) is 24.4 Å². The van der Waals surface area contributed by atoms with Crippen LogP contribution in [0.2, 0.25) is 4.34 Å². The molecule has 172 valence electrons. The summed E-state index contributed by atoms with van der Waals surface area (Å²) in [6.45, 7) is 2.23. The van der Waals surface area contributed by atoms with Gasteiger partial charge in [-0.05, 0) is 48.6 Å². The Morgan fingerprint density at radius 3 is 2.44 bits per heavy atom. The number of nitrogens with zero attached hydrogens (tertiary/aromatic N) is 2. The maximum Gasteiger partial charge on any atom is 0.317 e. The highest BCUT2D eigenvalue weighted by Crippen LogP contribution is 2.43. The first-order chi connectivity index (χ1) is 15.4. The first-order valence-electron chi connectivity index (χ1n) is 10.6. The van der Waals surface area contributed by atoms with Crippen molar-refractivity contribution in [1.82, 2.24) is 14.5 Å². The van der Waals surface area contributed by atoms with E-state index in [1.54, 1.807) is 11.0 Å². The largest absolute Gasteiger partial charge is 0.486 e. The lowest BCUT2D eigenvalue weighted by Gasteiger charge is -2.34. The molecule has 1 aliphatic carbocycles. The number of carbonyl (C=O) groups is 1. The van der Waals surface area contributed by atoms with Gasteiger partial charge in [-0.1, -0.05) is 17.7 Å². The van der Waals surface area contributed by atoms with Crippen LogP contribution in [0.3, 0.4) is 0 Å². The Morgan fingerprint density at radius 1 is 1.06 bits per heavy atom. The van der Waals surface area contributed by atoms with E-state index >= 15 is 0 Å². The van der Waals surface area contributed by atoms with Crippen LogP contribution in [0.5, 0.6) is 11.5 Å². The molecule has 5 rings (SSSR count). The average molecular weight is 498 g/mol. The van der Waals surface area contributed by atoms with E-state index < -0.39 is 10.0 Å². The fourth-order valence-electron chi connectivity index (χ4n) is 4.08. The molecule has 1 aromatic heterocycles. The molecular formula is C21H24ClN3O5S2. The summed E-state index contributed by atoms with van der Waals surface area (Å²) in [5.74, 6) is 1.83. The zero-order valence-corrected chi connectivity index (χ0v) is 19.7. The van der Waals surface area contributed by atoms with Crippen molar-refractivity contribution >= 4 is 39.0 Å². The number of ether oxygens (including phenoxy) is 2. The van der Waals surface area contributed by atoms with Gasteiger partial charge in [0.05, 0.1) is 10.4 Å². The first kappa shape index (κ1) is 21.8. The topological polar surface area (TPSA) is 88.2 Å². The van der Waals surface area contributed by atoms with Crippen LogP contribution in [0.15, 0.2) is 34.5 Å². The number of nitrogens with one attached hydrogen (secondary N) is 1. The number of carbonyl (C=O) groups excluding carboxylic acids is 1. The zero-order valence-electron chi connectivity index (χ0n) is 17.3. The smallest absolute Gasteiger partial charge is 0.317 e. The minimum atomic E-state index is -3.59. The summed E-state index contributed by atoms with van der Waals surface area (Å²) in [6.07, 6.45) is 2.13. The molecule has 1 atom stereocenters. The quantitative estimate of drug-likeness (QED) is 0.684. The molecule has 0 bridgehead atoms. The Bertz CT molecular complexity index is 1110. The van der Waals surface area contributed by atoms with Crippen molar-refractivity contribution < 1.29 is 22.7 Å². The van der Waals surface area contributed by atoms with Crippen LogP contribution >= 0.6 is 22.9 Å². The van der Waals surface area contributed by atoms with Gasteiger partial charge in [-0.3, -0.25) is 0 Å². The average Bonchev–Trinajstić information content (AvgIpc) is 3.56. The minimum Gasteiger partial charge on any atom is -0.486 e. The number of urea groups is 1. The van der Waals surface area contributed by atoms with E-state index in [-0.39, 0.29) is 29.4 Å². The maximum absolute atomic E-state index is 13.0. The summed E-state index contributed by atoms with van der Waals surface area (Å²) in [6, 6.07) is 8.66. The number of fused-ring (bicyclic) bond motifs is 1. The standard InChI is InChI=1S/C21H24ClN3O5S2/c22-18-5-6-19(31-18)32(27,28)25-9-7-24(8-10-25)21(26)23-20(14-1-2-14)15-3-4-16-17(13-15)30-12-11-29-16/h3-6,13-14,20H,1-2,7-12H2,(H,23,26). The molecule has 11 heteroatoms. The molecule has 3 aliphatic rings. The monoisotopic (exact) mass is 497 g/mol. The number of hydrogen-bond acceptors (Lipinski definition) is 6. The lowest BCUT2D eigenvalue weighted by Crippen LogP contribution is -2.53. The Hall–Kier alpha value is -2.01. The maximum atomic E-state index is 13.0. The van der Waals surface area contributed by atoms with Crippen LogP contribution in [-0.2, 0) is 10.0 Å². The molecule has 1 saturated heterocycles. The molecule has 2 aromatic rings. The van der Waals surface area contributed by atoms with Crippen LogP contribution in [0.25, 0.3) is 0 Å². The molecule has 0 spiro atoms. The Morgan fingerprint density at radius 2 is 1.78 bits per heavy atom. The van der Waals surface area contributed by atoms with E-state index in [4.69, 9.17) is 21.1 Å². The zero-order chi connectivity index (χ0) is 22.3. The molecule has 2 fully saturated rings. The Kier molecular flexibility index (Phi) is 5.96. The SMILES string of the molecule is O=C(NC(c1ccc2c(c1)OCCO2)C1CC1)N1CCN(S(=O)(=O)c2ccc(Cl)s2)CC1. The molecule has 8 nitrogen and oxygen atoms in total. The second-order valence-electron chi connectivity index (χ2n) is 8.12. The first-order valence-corrected chi connectivity index (χ1v) is 13.3. The highest BCUT2D eigenvalue weighted by molar-refractivity contribution is 7.91. The van der Waals surface area contributed by atoms with Gasteiger partial charge in [-0.15, -0.1) is 11.3 Å². The van der Waals surface area contributed by atoms with Gasteiger partial charge in [0.25, 0.3) is 10.0 Å². The number of halogens is 1. The van der Waals surface area contributed by atoms with Gasteiger partial charge in [0.1, 0.15) is 17.4 Å². The highest BCUT2D eigenvalue weighted by Gasteiger charge is 2.36. The number of sulfonamides is 1. The molecule has 1 N–H and O–H groups in total. The predicted octanol–water partition coefficient (Wildman–Crippen LogP) is 3.34. The lowest BCUT2D eigenvalue weighted by atomic mass is 10.0. The van der Waals surface area contributed by atoms with Crippen molar-refractivity contribution in [3.05, 3.63) is 40.2 Å². The second kappa shape index (κ2) is 8.74. The number of piperazine rings is 1. The number of benzene rings is 1. The van der Waals surface area contributed by atoms with E-state index in [1.165, 1.54) is 10.4 Å². The molecule has 1 saturated carbocycles. The lowest BCUT2D eigenvalue weighted by molar-refractivity contribution is 0.166. The summed E-state index contributed by atoms with van der Waals surface area (Å²) in [7, 11) is -3.59. The van der Waals surface area contributed by atoms with Gasteiger partial charge in [-0.2, -0.15) is 4.31 Å². The van der Waals surface area contributed by atoms with Gasteiger partial charge in [0.2, 0.25) is 0 Å². The third-order valence-corrected chi connectivity index (χ3v) is 9.56. The van der Waals surface area contributed by atoms with E-state index in [0.29, 0.717) is 42.3 Å². The van der Waals surface area contributed by atoms with Crippen molar-refractivity contribution in [2.24, 2.45) is 5.92 Å². The van der Waals surface area contributed by atoms with Crippen LogP contribution in [0.4, 0.5) is 4.79 Å². The summed E-state index contributed by atoms with van der Waals surface area (Å²) < 4.78 is 39.0. The normalized spacial score (nSPS) is 20.1. The van der Waals surface area contributed by atoms with Crippen molar-refractivity contribution in [2.45, 2.75) is 23.1 Å². The van der Waals surface area contributed by atoms with Crippen molar-refractivity contribution in [3.8, 4) is 11.5 Å². The Labute approximate surface area is 196 Å². The van der Waals surface area contributed by atoms with E-state index in [0.717, 1.165) is 35.5 Å². The molecule has 1 unspecified atom stereocenters. The molecule has 0 radical (unpaired) electrons. The number of amides is 2. The van der Waals surface area contributed by atoms with Crippen LogP contribution < -0.4 is 14.8 Å². The molecule has 32 heavy (non-hydrogen) atoms. The molecule has 1 aromatic carbocycles. The summed E-state index contributed by atoms with van der Waals surface area (Å²) >= 11 is 6.94. The third kappa shape index (κ3) is 4.41. The molecule has 3 heterocycles. The summed E-state index contributed by atoms with van der Waals surface area (Å²) in [5.41, 5.74) is 1.00. The number of hydrogen-bond donors (Lipinski definition) is 1. The number of thiophene rings is 1. The van der Waals surface area contributed by atoms with Gasteiger partial charge in [-0.25, -0.2) is 13.2 Å². The molecule has 2 amide bonds. The Balaban J connectivity index is 1.23. The van der Waals surface area contributed by atoms with Crippen molar-refractivity contribution in [1.29, 1.82) is 0 Å². The molecular weight excluding hydrogens is 474 g/mol. The van der Waals surface area contributed by atoms with E-state index in [9.17, 15) is 13.2 Å². The summed E-state index contributed by atoms with van der Waals surface area (Å²) in [5, 5.41) is 3.17. The fraction of sp³-hybridized carbons (Fsp3) is 0.476. The van der Waals surface area contributed by atoms with Gasteiger partial charge in [0, 0.05) is 26.2 Å². The van der Waals surface area contributed by atoms with E-state index in [2.05, 4.69) is 5.32 Å². The number of rotatable bonds is 5. The highest BCUT2D eigenvalue weighted by atomic mass is 35.5. The van der Waals surface area contributed by atoms with Gasteiger partial charge in [0.15, 0.2) is 11.5 Å². The van der Waals surface area contributed by atoms with Crippen molar-refractivity contribution in [2.75, 3.05) is 39.4 Å². The van der Waals surface area contributed by atoms with Gasteiger partial charge >= 0.3 is 6.03 Å². The van der Waals surface area contributed by atoms with Crippen LogP contribution in [0, 0.1) is 5.92 Å².